The van der Waals surface area contributed by atoms with Gasteiger partial charge in [-0.3, -0.25) is 19.7 Å². The fraction of sp³-hybridized carbons (Fsp3) is 0.467. The van der Waals surface area contributed by atoms with E-state index in [0.29, 0.717) is 12.1 Å². The zero-order valence-corrected chi connectivity index (χ0v) is 14.3. The molecule has 8 nitrogen and oxygen atoms in total. The molecule has 0 saturated carbocycles. The quantitative estimate of drug-likeness (QED) is 0.445. The number of hydrogen-bond donors (Lipinski definition) is 1. The van der Waals surface area contributed by atoms with Gasteiger partial charge < -0.3 is 15.0 Å². The minimum atomic E-state index is -4.71. The van der Waals surface area contributed by atoms with Crippen molar-refractivity contribution >= 4 is 23.3 Å². The molecule has 0 radical (unpaired) electrons. The first-order chi connectivity index (χ1) is 11.9. The molecule has 1 N–H and O–H groups in total. The average molecular weight is 377 g/mol. The van der Waals surface area contributed by atoms with Crippen LogP contribution in [0, 0.1) is 10.1 Å². The van der Waals surface area contributed by atoms with Gasteiger partial charge >= 0.3 is 12.1 Å². The van der Waals surface area contributed by atoms with Crippen molar-refractivity contribution in [2.75, 3.05) is 26.0 Å². The normalized spacial score (nSPS) is 12.2. The molecule has 1 aromatic rings. The van der Waals surface area contributed by atoms with E-state index >= 15 is 0 Å². The summed E-state index contributed by atoms with van der Waals surface area (Å²) >= 11 is 0. The number of esters is 1. The van der Waals surface area contributed by atoms with Crippen molar-refractivity contribution in [1.29, 1.82) is 0 Å². The van der Waals surface area contributed by atoms with Gasteiger partial charge in [0.1, 0.15) is 5.69 Å². The van der Waals surface area contributed by atoms with Gasteiger partial charge in [0.15, 0.2) is 6.10 Å². The number of nitrogens with one attached hydrogen (secondary N) is 1. The third kappa shape index (κ3) is 5.90. The van der Waals surface area contributed by atoms with Crippen LogP contribution in [-0.2, 0) is 20.5 Å². The van der Waals surface area contributed by atoms with Gasteiger partial charge in [0.25, 0.3) is 11.6 Å². The zero-order chi connectivity index (χ0) is 20.1. The summed E-state index contributed by atoms with van der Waals surface area (Å²) in [5, 5.41) is 13.5. The lowest BCUT2D eigenvalue weighted by molar-refractivity contribution is -0.384. The molecule has 144 valence electrons. The molecule has 0 spiro atoms. The van der Waals surface area contributed by atoms with E-state index in [4.69, 9.17) is 4.74 Å². The molecule has 0 aliphatic heterocycles. The molecule has 1 aromatic carbocycles. The number of hydrogen-bond acceptors (Lipinski definition) is 6. The molecule has 1 amide bonds. The van der Waals surface area contributed by atoms with Crippen LogP contribution >= 0.6 is 0 Å². The summed E-state index contributed by atoms with van der Waals surface area (Å²) < 4.78 is 42.8. The number of alkyl halides is 3. The number of rotatable bonds is 7. The molecule has 1 rings (SSSR count). The minimum absolute atomic E-state index is 0.117. The summed E-state index contributed by atoms with van der Waals surface area (Å²) in [6.07, 6.45) is -5.93. The van der Waals surface area contributed by atoms with Gasteiger partial charge in [0.2, 0.25) is 0 Å². The number of amides is 1. The molecule has 0 bridgehead atoms. The number of likely N-dealkylation sites (N-methyl/N-ethyl adjacent to an activating group) is 1. The molecule has 1 atom stereocenters. The van der Waals surface area contributed by atoms with Crippen LogP contribution < -0.4 is 5.32 Å². The topological polar surface area (TPSA) is 102 Å². The Bertz CT molecular complexity index is 692. The number of carbonyl (C=O) groups is 2. The molecule has 0 fully saturated rings. The number of ether oxygens (including phenoxy) is 1. The number of nitro groups is 1. The van der Waals surface area contributed by atoms with E-state index in [1.807, 2.05) is 0 Å². The second kappa shape index (κ2) is 8.50. The summed E-state index contributed by atoms with van der Waals surface area (Å²) in [4.78, 5) is 34.5. The number of halogens is 3. The minimum Gasteiger partial charge on any atom is -0.452 e. The average Bonchev–Trinajstić information content (AvgIpc) is 2.52. The summed E-state index contributed by atoms with van der Waals surface area (Å²) in [5.74, 6) is -1.14. The molecule has 0 heterocycles. The van der Waals surface area contributed by atoms with Crippen LogP contribution in [0.3, 0.4) is 0 Å². The Hall–Kier alpha value is -2.85. The van der Waals surface area contributed by atoms with E-state index in [1.165, 1.54) is 25.9 Å². The summed E-state index contributed by atoms with van der Waals surface area (Å²) in [6, 6.07) is 2.04. The van der Waals surface area contributed by atoms with Crippen LogP contribution in [0.4, 0.5) is 24.5 Å². The van der Waals surface area contributed by atoms with Gasteiger partial charge in [0.05, 0.1) is 16.9 Å². The van der Waals surface area contributed by atoms with Gasteiger partial charge in [-0.2, -0.15) is 13.2 Å². The highest BCUT2D eigenvalue weighted by atomic mass is 19.4. The molecule has 0 saturated heterocycles. The molecule has 0 aromatic heterocycles. The van der Waals surface area contributed by atoms with Crippen molar-refractivity contribution in [3.8, 4) is 0 Å². The highest BCUT2D eigenvalue weighted by Gasteiger charge is 2.33. The number of carbonyl (C=O) groups excluding carboxylic acids is 2. The zero-order valence-electron chi connectivity index (χ0n) is 14.3. The van der Waals surface area contributed by atoms with E-state index < -0.39 is 40.3 Å². The lowest BCUT2D eigenvalue weighted by Crippen LogP contribution is -2.35. The highest BCUT2D eigenvalue weighted by molar-refractivity contribution is 5.83. The van der Waals surface area contributed by atoms with E-state index in [2.05, 4.69) is 5.32 Å². The Balaban J connectivity index is 2.69. The first-order valence-corrected chi connectivity index (χ1v) is 7.43. The maximum Gasteiger partial charge on any atom is 0.416 e. The maximum absolute atomic E-state index is 12.6. The number of anilines is 1. The summed E-state index contributed by atoms with van der Waals surface area (Å²) in [5.41, 5.74) is -2.07. The van der Waals surface area contributed by atoms with Crippen LogP contribution in [0.5, 0.6) is 0 Å². The smallest absolute Gasteiger partial charge is 0.416 e. The largest absolute Gasteiger partial charge is 0.452 e. The van der Waals surface area contributed by atoms with Gasteiger partial charge in [-0.25, -0.2) is 0 Å². The van der Waals surface area contributed by atoms with Crippen molar-refractivity contribution in [3.63, 3.8) is 0 Å². The van der Waals surface area contributed by atoms with Gasteiger partial charge in [-0.1, -0.05) is 0 Å². The van der Waals surface area contributed by atoms with Crippen LogP contribution in [0.25, 0.3) is 0 Å². The van der Waals surface area contributed by atoms with Crippen LogP contribution in [-0.4, -0.2) is 48.4 Å². The predicted molar refractivity (Wildman–Crippen MR) is 85.5 cm³/mol. The second-order valence-corrected chi connectivity index (χ2v) is 5.53. The Morgan fingerprint density at radius 1 is 1.35 bits per heavy atom. The molecular weight excluding hydrogens is 359 g/mol. The lowest BCUT2D eigenvalue weighted by atomic mass is 10.1. The van der Waals surface area contributed by atoms with Crippen molar-refractivity contribution in [2.24, 2.45) is 0 Å². The monoisotopic (exact) mass is 377 g/mol. The Morgan fingerprint density at radius 2 is 1.96 bits per heavy atom. The molecule has 26 heavy (non-hydrogen) atoms. The van der Waals surface area contributed by atoms with Crippen molar-refractivity contribution in [1.82, 2.24) is 4.90 Å². The van der Waals surface area contributed by atoms with Gasteiger partial charge in [-0.15, -0.1) is 0 Å². The highest BCUT2D eigenvalue weighted by Crippen LogP contribution is 2.34. The Kier molecular flexibility index (Phi) is 6.93. The first kappa shape index (κ1) is 21.2. The van der Waals surface area contributed by atoms with Crippen molar-refractivity contribution in [3.05, 3.63) is 33.9 Å². The molecular formula is C15H18F3N3O5. The van der Waals surface area contributed by atoms with Gasteiger partial charge in [-0.05, 0) is 19.1 Å². The molecule has 0 aliphatic rings. The van der Waals surface area contributed by atoms with Crippen LogP contribution in [0.2, 0.25) is 0 Å². The molecule has 0 unspecified atom stereocenters. The van der Waals surface area contributed by atoms with E-state index in [0.717, 1.165) is 6.07 Å². The van der Waals surface area contributed by atoms with Crippen molar-refractivity contribution < 1.29 is 32.4 Å². The Labute approximate surface area is 147 Å². The summed E-state index contributed by atoms with van der Waals surface area (Å²) in [6.45, 7) is 1.28. The standard InChI is InChI=1S/C15H18F3N3O5/c1-9(14(23)20(2)3)26-13(22)6-7-19-11-5-4-10(15(16,17)18)8-12(11)21(24)25/h4-5,8-9,19H,6-7H2,1-3H3/t9-/m0/s1. The third-order valence-corrected chi connectivity index (χ3v) is 3.26. The van der Waals surface area contributed by atoms with E-state index in [-0.39, 0.29) is 18.7 Å². The molecule has 0 aliphatic carbocycles. The number of benzene rings is 1. The summed E-state index contributed by atoms with van der Waals surface area (Å²) in [7, 11) is 3.00. The predicted octanol–water partition coefficient (Wildman–Crippen LogP) is 2.44. The lowest BCUT2D eigenvalue weighted by Gasteiger charge is -2.17. The maximum atomic E-state index is 12.6. The number of nitro benzene ring substituents is 1. The second-order valence-electron chi connectivity index (χ2n) is 5.53. The van der Waals surface area contributed by atoms with E-state index in [1.54, 1.807) is 0 Å². The molecule has 11 heteroatoms. The van der Waals surface area contributed by atoms with E-state index in [9.17, 15) is 32.9 Å². The number of nitrogens with zero attached hydrogens (tertiary/aromatic N) is 2. The van der Waals surface area contributed by atoms with Crippen LogP contribution in [0.1, 0.15) is 18.9 Å². The van der Waals surface area contributed by atoms with Crippen molar-refractivity contribution in [2.45, 2.75) is 25.6 Å². The first-order valence-electron chi connectivity index (χ1n) is 7.43. The fourth-order valence-corrected chi connectivity index (χ4v) is 1.98. The van der Waals surface area contributed by atoms with Crippen LogP contribution in [0.15, 0.2) is 18.2 Å². The van der Waals surface area contributed by atoms with Gasteiger partial charge in [0, 0.05) is 26.7 Å². The SMILES string of the molecule is C[C@H](OC(=O)CCNc1ccc(C(F)(F)F)cc1[N+](=O)[O-])C(=O)N(C)C. The Morgan fingerprint density at radius 3 is 2.46 bits per heavy atom. The third-order valence-electron chi connectivity index (χ3n) is 3.26. The fourth-order valence-electron chi connectivity index (χ4n) is 1.98.